The second-order valence-electron chi connectivity index (χ2n) is 6.03. The first kappa shape index (κ1) is 20.4. The van der Waals surface area contributed by atoms with Crippen molar-refractivity contribution in [3.63, 3.8) is 0 Å². The number of hydrogen-bond acceptors (Lipinski definition) is 3. The summed E-state index contributed by atoms with van der Waals surface area (Å²) in [6.07, 6.45) is 21.1. The van der Waals surface area contributed by atoms with Gasteiger partial charge in [0.25, 0.3) is 0 Å². The lowest BCUT2D eigenvalue weighted by atomic mass is 10.1. The van der Waals surface area contributed by atoms with Gasteiger partial charge in [-0.3, -0.25) is 4.79 Å². The van der Waals surface area contributed by atoms with Crippen molar-refractivity contribution in [1.29, 1.82) is 0 Å². The lowest BCUT2D eigenvalue weighted by molar-refractivity contribution is -0.137. The molecular formula is C20H30O4. The number of carboxylic acids is 1. The van der Waals surface area contributed by atoms with Crippen molar-refractivity contribution in [2.75, 3.05) is 0 Å². The summed E-state index contributed by atoms with van der Waals surface area (Å²) in [6.45, 7) is 2.15. The Hall–Kier alpha value is -1.65. The smallest absolute Gasteiger partial charge is 0.303 e. The summed E-state index contributed by atoms with van der Waals surface area (Å²) < 4.78 is 5.44. The van der Waals surface area contributed by atoms with Gasteiger partial charge in [0.1, 0.15) is 6.10 Å². The maximum atomic E-state index is 10.4. The van der Waals surface area contributed by atoms with Crippen LogP contribution < -0.4 is 0 Å². The maximum absolute atomic E-state index is 10.4. The van der Waals surface area contributed by atoms with E-state index >= 15 is 0 Å². The Bertz CT molecular complexity index is 462. The molecule has 0 aromatic carbocycles. The van der Waals surface area contributed by atoms with E-state index in [2.05, 4.69) is 6.92 Å². The molecule has 0 unspecified atom stereocenters. The van der Waals surface area contributed by atoms with E-state index in [9.17, 15) is 9.90 Å². The van der Waals surface area contributed by atoms with E-state index in [-0.39, 0.29) is 24.7 Å². The third-order valence-electron chi connectivity index (χ3n) is 3.79. The van der Waals surface area contributed by atoms with Crippen molar-refractivity contribution in [1.82, 2.24) is 0 Å². The van der Waals surface area contributed by atoms with Crippen LogP contribution in [0.15, 0.2) is 48.6 Å². The Balaban J connectivity index is 2.07. The summed E-state index contributed by atoms with van der Waals surface area (Å²) in [4.78, 5) is 10.4. The van der Waals surface area contributed by atoms with E-state index in [1.165, 1.54) is 12.8 Å². The minimum absolute atomic E-state index is 0.130. The van der Waals surface area contributed by atoms with E-state index in [0.717, 1.165) is 19.3 Å². The van der Waals surface area contributed by atoms with Crippen molar-refractivity contribution >= 4 is 5.97 Å². The second-order valence-corrected chi connectivity index (χ2v) is 6.03. The molecule has 24 heavy (non-hydrogen) atoms. The van der Waals surface area contributed by atoms with Crippen LogP contribution in [0.5, 0.6) is 0 Å². The van der Waals surface area contributed by atoms with Gasteiger partial charge in [-0.1, -0.05) is 74.8 Å². The molecule has 1 fully saturated rings. The molecule has 0 bridgehead atoms. The number of carbonyl (C=O) groups is 1. The van der Waals surface area contributed by atoms with Crippen LogP contribution in [0.1, 0.15) is 51.9 Å². The minimum Gasteiger partial charge on any atom is -0.481 e. The number of epoxide rings is 1. The summed E-state index contributed by atoms with van der Waals surface area (Å²) in [5.74, 6) is -0.750. The van der Waals surface area contributed by atoms with Crippen LogP contribution in [0.3, 0.4) is 0 Å². The van der Waals surface area contributed by atoms with Gasteiger partial charge >= 0.3 is 5.97 Å². The van der Waals surface area contributed by atoms with Crippen molar-refractivity contribution in [2.45, 2.75) is 70.2 Å². The molecule has 1 rings (SSSR count). The van der Waals surface area contributed by atoms with Gasteiger partial charge in [0.05, 0.1) is 12.2 Å². The molecule has 4 heteroatoms. The summed E-state index contributed by atoms with van der Waals surface area (Å²) in [6, 6.07) is 0. The Kier molecular flexibility index (Phi) is 10.8. The SMILES string of the molecule is CCCCC[C@H](O)/C=C/C=C\C=C\C=C\[C@@H]1O[C@H]1CCCC(=O)O. The first-order chi connectivity index (χ1) is 11.6. The van der Waals surface area contributed by atoms with Gasteiger partial charge in [0, 0.05) is 6.42 Å². The van der Waals surface area contributed by atoms with Crippen molar-refractivity contribution in [3.05, 3.63) is 48.6 Å². The van der Waals surface area contributed by atoms with Gasteiger partial charge in [-0.15, -0.1) is 0 Å². The first-order valence-corrected chi connectivity index (χ1v) is 8.87. The zero-order chi connectivity index (χ0) is 17.6. The Morgan fingerprint density at radius 1 is 1.08 bits per heavy atom. The highest BCUT2D eigenvalue weighted by atomic mass is 16.6. The minimum atomic E-state index is -0.750. The van der Waals surface area contributed by atoms with E-state index in [1.807, 2.05) is 48.6 Å². The van der Waals surface area contributed by atoms with Crippen molar-refractivity contribution < 1.29 is 19.7 Å². The summed E-state index contributed by atoms with van der Waals surface area (Å²) >= 11 is 0. The largest absolute Gasteiger partial charge is 0.481 e. The fourth-order valence-electron chi connectivity index (χ4n) is 2.33. The van der Waals surface area contributed by atoms with Crippen molar-refractivity contribution in [3.8, 4) is 0 Å². The monoisotopic (exact) mass is 334 g/mol. The van der Waals surface area contributed by atoms with Crippen molar-refractivity contribution in [2.24, 2.45) is 0 Å². The molecule has 0 aromatic heterocycles. The molecule has 134 valence electrons. The third-order valence-corrected chi connectivity index (χ3v) is 3.79. The number of rotatable bonds is 13. The molecular weight excluding hydrogens is 304 g/mol. The fourth-order valence-corrected chi connectivity index (χ4v) is 2.33. The van der Waals surface area contributed by atoms with Crippen LogP contribution in [0.25, 0.3) is 0 Å². The van der Waals surface area contributed by atoms with Gasteiger partial charge in [-0.25, -0.2) is 0 Å². The van der Waals surface area contributed by atoms with Crippen LogP contribution in [-0.2, 0) is 9.53 Å². The van der Waals surface area contributed by atoms with E-state index < -0.39 is 5.97 Å². The van der Waals surface area contributed by atoms with Crippen LogP contribution in [0.2, 0.25) is 0 Å². The van der Waals surface area contributed by atoms with Crippen LogP contribution in [0, 0.1) is 0 Å². The molecule has 1 aliphatic rings. The molecule has 3 atom stereocenters. The molecule has 1 saturated heterocycles. The topological polar surface area (TPSA) is 70.1 Å². The number of unbranched alkanes of at least 4 members (excludes halogenated alkanes) is 2. The van der Waals surface area contributed by atoms with Gasteiger partial charge in [-0.2, -0.15) is 0 Å². The van der Waals surface area contributed by atoms with Gasteiger partial charge in [-0.05, 0) is 19.3 Å². The number of aliphatic hydroxyl groups is 1. The van der Waals surface area contributed by atoms with Gasteiger partial charge < -0.3 is 14.9 Å². The molecule has 4 nitrogen and oxygen atoms in total. The van der Waals surface area contributed by atoms with E-state index in [0.29, 0.717) is 6.42 Å². The third kappa shape index (κ3) is 11.0. The number of allylic oxidation sites excluding steroid dienone is 6. The molecule has 0 amide bonds. The summed E-state index contributed by atoms with van der Waals surface area (Å²) in [7, 11) is 0. The first-order valence-electron chi connectivity index (χ1n) is 8.87. The summed E-state index contributed by atoms with van der Waals surface area (Å²) in [5, 5.41) is 18.3. The predicted molar refractivity (Wildman–Crippen MR) is 96.9 cm³/mol. The van der Waals surface area contributed by atoms with Crippen LogP contribution >= 0.6 is 0 Å². The molecule has 1 aliphatic heterocycles. The maximum Gasteiger partial charge on any atom is 0.303 e. The van der Waals surface area contributed by atoms with Crippen LogP contribution in [-0.4, -0.2) is 34.5 Å². The average molecular weight is 334 g/mol. The highest BCUT2D eigenvalue weighted by Gasteiger charge is 2.35. The zero-order valence-corrected chi connectivity index (χ0v) is 14.5. The van der Waals surface area contributed by atoms with E-state index in [1.54, 1.807) is 0 Å². The predicted octanol–water partition coefficient (Wildman–Crippen LogP) is 4.17. The number of aliphatic hydroxyl groups excluding tert-OH is 1. The molecule has 1 heterocycles. The molecule has 0 radical (unpaired) electrons. The zero-order valence-electron chi connectivity index (χ0n) is 14.5. The second kappa shape index (κ2) is 12.7. The number of aliphatic carboxylic acids is 1. The standard InChI is InChI=1S/C20H30O4/c1-2-3-8-12-17(21)13-9-6-4-5-7-10-14-18-19(24-18)15-11-16-20(22)23/h4-7,9-10,13-14,17-19,21H,2-3,8,11-12,15-16H2,1H3,(H,22,23)/b6-4-,7-5+,13-9+,14-10+/t17-,18-,19-/m0/s1. The molecule has 0 aliphatic carbocycles. The van der Waals surface area contributed by atoms with Gasteiger partial charge in [0.2, 0.25) is 0 Å². The molecule has 0 spiro atoms. The fraction of sp³-hybridized carbons (Fsp3) is 0.550. The van der Waals surface area contributed by atoms with Gasteiger partial charge in [0.15, 0.2) is 0 Å². The number of ether oxygens (including phenoxy) is 1. The molecule has 0 aromatic rings. The van der Waals surface area contributed by atoms with E-state index in [4.69, 9.17) is 9.84 Å². The van der Waals surface area contributed by atoms with Crippen LogP contribution in [0.4, 0.5) is 0 Å². The average Bonchev–Trinajstić information content (AvgIpc) is 3.28. The number of hydrogen-bond donors (Lipinski definition) is 2. The summed E-state index contributed by atoms with van der Waals surface area (Å²) in [5.41, 5.74) is 0. The highest BCUT2D eigenvalue weighted by molar-refractivity contribution is 5.66. The Morgan fingerprint density at radius 3 is 2.50 bits per heavy atom. The number of carboxylic acid groups (broad SMARTS) is 1. The lowest BCUT2D eigenvalue weighted by Gasteiger charge is -2.02. The lowest BCUT2D eigenvalue weighted by Crippen LogP contribution is -2.00. The highest BCUT2D eigenvalue weighted by Crippen LogP contribution is 2.28. The molecule has 0 saturated carbocycles. The Morgan fingerprint density at radius 2 is 1.79 bits per heavy atom. The quantitative estimate of drug-likeness (QED) is 0.301. The Labute approximate surface area is 145 Å². The molecule has 2 N–H and O–H groups in total. The normalized spacial score (nSPS) is 22.2.